The van der Waals surface area contributed by atoms with E-state index < -0.39 is 0 Å². The van der Waals surface area contributed by atoms with Gasteiger partial charge in [0.2, 0.25) is 23.8 Å². The normalized spacial score (nSPS) is 10.2. The highest BCUT2D eigenvalue weighted by Gasteiger charge is 2.26. The summed E-state index contributed by atoms with van der Waals surface area (Å²) in [6, 6.07) is 0. The summed E-state index contributed by atoms with van der Waals surface area (Å²) in [6.45, 7) is 0. The van der Waals surface area contributed by atoms with Crippen LogP contribution in [0.4, 0.5) is 22.7 Å². The molecular weight excluding hydrogens is 734 g/mol. The molecule has 1 aromatic rings. The quantitative estimate of drug-likeness (QED) is 0.262. The van der Waals surface area contributed by atoms with Gasteiger partial charge < -0.3 is 39.2 Å². The van der Waals surface area contributed by atoms with E-state index in [0.717, 1.165) is 53.7 Å². The van der Waals surface area contributed by atoms with Gasteiger partial charge in [-0.3, -0.25) is 0 Å². The fourth-order valence-electron chi connectivity index (χ4n) is 3.85. The highest BCUT2D eigenvalue weighted by Crippen LogP contribution is 2.50. The van der Waals surface area contributed by atoms with E-state index in [9.17, 15) is 0 Å². The van der Waals surface area contributed by atoms with Gasteiger partial charge in [-0.1, -0.05) is 0 Å². The zero-order valence-electron chi connectivity index (χ0n) is 27.1. The molecule has 0 unspecified atom stereocenters. The molecule has 0 aromatic heterocycles. The average molecular weight is 783 g/mol. The summed E-state index contributed by atoms with van der Waals surface area (Å²) in [4.78, 5) is 36.7. The third kappa shape index (κ3) is 8.88. The van der Waals surface area contributed by atoms with E-state index in [-0.39, 0.29) is 0 Å². The van der Waals surface area contributed by atoms with Crippen molar-refractivity contribution < 1.29 is 0 Å². The maximum Gasteiger partial charge on any atom is 0.200 e. The minimum atomic E-state index is 0.731. The minimum absolute atomic E-state index is 0.731. The number of rotatable bonds is 4. The largest absolute Gasteiger partial charge is 0.349 e. The van der Waals surface area contributed by atoms with E-state index in [1.54, 1.807) is 0 Å². The van der Waals surface area contributed by atoms with Crippen molar-refractivity contribution in [2.75, 3.05) is 113 Å². The molecule has 0 aliphatic rings. The molecule has 0 aliphatic carbocycles. The molecule has 0 amide bonds. The Balaban J connectivity index is 4.65. The van der Waals surface area contributed by atoms with Gasteiger partial charge in [0, 0.05) is 113 Å². The van der Waals surface area contributed by atoms with Crippen LogP contribution >= 0.6 is 45.2 Å². The van der Waals surface area contributed by atoms with Crippen molar-refractivity contribution in [3.63, 3.8) is 0 Å². The van der Waals surface area contributed by atoms with Crippen LogP contribution in [0.15, 0.2) is 20.0 Å². The third-order valence-electron chi connectivity index (χ3n) is 5.33. The average Bonchev–Trinajstić information content (AvgIpc) is 2.79. The first-order chi connectivity index (χ1) is 18.3. The number of nitrogens with zero attached hydrogens (tertiary/aromatic N) is 12. The number of hydrogen-bond acceptors (Lipinski definition) is 4. The van der Waals surface area contributed by atoms with Crippen molar-refractivity contribution in [1.82, 2.24) is 39.2 Å². The Morgan fingerprint density at radius 2 is 0.450 bits per heavy atom. The number of hydrogen-bond donors (Lipinski definition) is 0. The van der Waals surface area contributed by atoms with E-state index in [0.29, 0.717) is 0 Å². The summed E-state index contributed by atoms with van der Waals surface area (Å²) in [5, 5.41) is 0. The summed E-state index contributed by atoms with van der Waals surface area (Å²) in [5.41, 5.74) is 2.92. The topological polar surface area (TPSA) is 75.4 Å². The summed E-state index contributed by atoms with van der Waals surface area (Å²) in [5.74, 6) is 3.15. The smallest absolute Gasteiger partial charge is 0.200 e. The molecule has 0 radical (unpaired) electrons. The van der Waals surface area contributed by atoms with Crippen molar-refractivity contribution in [3.8, 4) is 0 Å². The van der Waals surface area contributed by atoms with Crippen molar-refractivity contribution in [3.05, 3.63) is 7.14 Å². The number of halogens is 2. The van der Waals surface area contributed by atoms with Crippen LogP contribution in [0.1, 0.15) is 0 Å². The van der Waals surface area contributed by atoms with E-state index in [1.807, 2.05) is 152 Å². The van der Waals surface area contributed by atoms with E-state index in [1.165, 1.54) is 0 Å². The molecule has 1 rings (SSSR count). The van der Waals surface area contributed by atoms with Gasteiger partial charge in [-0.15, -0.1) is 0 Å². The van der Waals surface area contributed by atoms with Gasteiger partial charge in [0.05, 0.1) is 7.14 Å². The molecule has 0 fully saturated rings. The molecule has 12 nitrogen and oxygen atoms in total. The summed E-state index contributed by atoms with van der Waals surface area (Å²) in [7, 11) is 31.8. The van der Waals surface area contributed by atoms with E-state index in [2.05, 4.69) is 45.2 Å². The van der Waals surface area contributed by atoms with Gasteiger partial charge in [-0.05, 0) is 45.2 Å². The number of benzene rings is 1. The van der Waals surface area contributed by atoms with Gasteiger partial charge in [-0.2, -0.15) is 0 Å². The van der Waals surface area contributed by atoms with E-state index in [4.69, 9.17) is 20.0 Å². The second-order valence-corrected chi connectivity index (χ2v) is 13.0. The summed E-state index contributed by atoms with van der Waals surface area (Å²) >= 11 is 4.70. The van der Waals surface area contributed by atoms with Gasteiger partial charge in [0.25, 0.3) is 0 Å². The number of aliphatic imine (C=N–C) groups is 4. The Labute approximate surface area is 269 Å². The highest BCUT2D eigenvalue weighted by molar-refractivity contribution is 14.1. The van der Waals surface area contributed by atoms with Crippen LogP contribution in [0.25, 0.3) is 0 Å². The molecule has 0 saturated carbocycles. The second kappa shape index (κ2) is 15.1. The minimum Gasteiger partial charge on any atom is -0.349 e. The first kappa shape index (κ1) is 35.8. The molecule has 226 valence electrons. The van der Waals surface area contributed by atoms with Crippen molar-refractivity contribution >= 4 is 91.8 Å². The van der Waals surface area contributed by atoms with Crippen LogP contribution in [0, 0.1) is 7.14 Å². The summed E-state index contributed by atoms with van der Waals surface area (Å²) in [6.07, 6.45) is 0. The Kier molecular flexibility index (Phi) is 13.5. The molecule has 40 heavy (non-hydrogen) atoms. The first-order valence-corrected chi connectivity index (χ1v) is 14.8. The molecule has 0 heterocycles. The SMILES string of the molecule is CN(C)C(=Nc1c(I)c(N=C(N(C)C)N(C)C)c(N=C(N(C)C)N(C)C)c(I)c1N=C(N(C)C)N(C)C)N(C)C. The monoisotopic (exact) mass is 782 g/mol. The molecule has 0 bridgehead atoms. The van der Waals surface area contributed by atoms with Crippen molar-refractivity contribution in [2.45, 2.75) is 0 Å². The maximum atomic E-state index is 5.18. The summed E-state index contributed by atoms with van der Waals surface area (Å²) < 4.78 is 1.71. The third-order valence-corrected chi connectivity index (χ3v) is 7.37. The molecule has 0 N–H and O–H groups in total. The van der Waals surface area contributed by atoms with Crippen LogP contribution in [0.5, 0.6) is 0 Å². The van der Waals surface area contributed by atoms with Crippen LogP contribution in [-0.4, -0.2) is 176 Å². The van der Waals surface area contributed by atoms with Gasteiger partial charge >= 0.3 is 0 Å². The lowest BCUT2D eigenvalue weighted by Gasteiger charge is -2.27. The van der Waals surface area contributed by atoms with Crippen LogP contribution in [-0.2, 0) is 0 Å². The van der Waals surface area contributed by atoms with Crippen molar-refractivity contribution in [1.29, 1.82) is 0 Å². The first-order valence-electron chi connectivity index (χ1n) is 12.6. The molecule has 0 saturated heterocycles. The maximum absolute atomic E-state index is 5.18. The predicted molar refractivity (Wildman–Crippen MR) is 190 cm³/mol. The van der Waals surface area contributed by atoms with Crippen molar-refractivity contribution in [2.24, 2.45) is 20.0 Å². The molecule has 14 heteroatoms. The lowest BCUT2D eigenvalue weighted by atomic mass is 10.2. The molecule has 0 spiro atoms. The lowest BCUT2D eigenvalue weighted by Crippen LogP contribution is -2.36. The van der Waals surface area contributed by atoms with Crippen LogP contribution < -0.4 is 0 Å². The highest BCUT2D eigenvalue weighted by atomic mass is 127. The second-order valence-electron chi connectivity index (χ2n) is 10.8. The lowest BCUT2D eigenvalue weighted by molar-refractivity contribution is 0.482. The van der Waals surface area contributed by atoms with Gasteiger partial charge in [0.1, 0.15) is 22.7 Å². The van der Waals surface area contributed by atoms with Gasteiger partial charge in [-0.25, -0.2) is 20.0 Å². The fourth-order valence-corrected chi connectivity index (χ4v) is 5.35. The standard InChI is InChI=1S/C26H48I2N12/c1-33(2)23(34(3)4)29-19-17(27)21(31-25(37(9)10)38(11)12)22(32-26(39(13)14)40(15)16)18(28)20(19)30-24(35(5)6)36(7)8/h1-16H3. The Morgan fingerprint density at radius 1 is 0.325 bits per heavy atom. The van der Waals surface area contributed by atoms with Gasteiger partial charge in [0.15, 0.2) is 0 Å². The molecule has 0 atom stereocenters. The zero-order chi connectivity index (χ0) is 31.2. The fraction of sp³-hybridized carbons (Fsp3) is 0.615. The zero-order valence-corrected chi connectivity index (χ0v) is 31.4. The molecular formula is C26H48I2N12. The Morgan fingerprint density at radius 3 is 0.550 bits per heavy atom. The Bertz CT molecular complexity index is 933. The number of guanidine groups is 4. The predicted octanol–water partition coefficient (Wildman–Crippen LogP) is 3.34. The van der Waals surface area contributed by atoms with Crippen LogP contribution in [0.3, 0.4) is 0 Å². The Hall–Kier alpha value is -2.24. The molecule has 0 aliphatic heterocycles. The van der Waals surface area contributed by atoms with Crippen LogP contribution in [0.2, 0.25) is 0 Å². The molecule has 1 aromatic carbocycles. The van der Waals surface area contributed by atoms with E-state index >= 15 is 0 Å².